The number of nitrogens with zero attached hydrogens (tertiary/aromatic N) is 1. The third-order valence-corrected chi connectivity index (χ3v) is 2.18. The molecule has 1 aromatic heterocycles. The maximum atomic E-state index is 11.4. The van der Waals surface area contributed by atoms with Crippen molar-refractivity contribution in [2.75, 3.05) is 13.2 Å². The molecule has 1 N–H and O–H groups in total. The largest absolute Gasteiger partial charge is 0.451 e. The van der Waals surface area contributed by atoms with Crippen LogP contribution in [0.25, 0.3) is 0 Å². The van der Waals surface area contributed by atoms with E-state index < -0.39 is 0 Å². The van der Waals surface area contributed by atoms with Crippen molar-refractivity contribution in [1.82, 2.24) is 10.3 Å². The monoisotopic (exact) mass is 196 g/mol. The van der Waals surface area contributed by atoms with Crippen LogP contribution in [0.15, 0.2) is 17.1 Å². The molecule has 2 rings (SSSR count). The Balaban J connectivity index is 1.78. The van der Waals surface area contributed by atoms with Gasteiger partial charge in [0.2, 0.25) is 0 Å². The van der Waals surface area contributed by atoms with Crippen molar-refractivity contribution in [3.05, 3.63) is 18.4 Å². The van der Waals surface area contributed by atoms with Gasteiger partial charge in [-0.25, -0.2) is 4.98 Å². The zero-order valence-electron chi connectivity index (χ0n) is 7.73. The molecule has 0 radical (unpaired) electrons. The molecule has 1 atom stereocenters. The van der Waals surface area contributed by atoms with E-state index in [1.807, 2.05) is 0 Å². The van der Waals surface area contributed by atoms with Crippen molar-refractivity contribution >= 4 is 5.91 Å². The van der Waals surface area contributed by atoms with Gasteiger partial charge in [-0.1, -0.05) is 0 Å². The van der Waals surface area contributed by atoms with Gasteiger partial charge in [0.15, 0.2) is 12.1 Å². The van der Waals surface area contributed by atoms with Crippen molar-refractivity contribution in [2.45, 2.75) is 18.9 Å². The van der Waals surface area contributed by atoms with Crippen LogP contribution in [-0.4, -0.2) is 30.1 Å². The normalized spacial score (nSPS) is 21.0. The van der Waals surface area contributed by atoms with Gasteiger partial charge in [-0.3, -0.25) is 4.79 Å². The fourth-order valence-electron chi connectivity index (χ4n) is 1.43. The van der Waals surface area contributed by atoms with Gasteiger partial charge in [-0.15, -0.1) is 0 Å². The highest BCUT2D eigenvalue weighted by Gasteiger charge is 2.17. The van der Waals surface area contributed by atoms with Crippen molar-refractivity contribution in [1.29, 1.82) is 0 Å². The summed E-state index contributed by atoms with van der Waals surface area (Å²) < 4.78 is 10.1. The Morgan fingerprint density at radius 1 is 1.71 bits per heavy atom. The van der Waals surface area contributed by atoms with Crippen LogP contribution in [-0.2, 0) is 4.74 Å². The SMILES string of the molecule is O=C(NCC1CCCO1)c1cocn1. The standard InChI is InChI=1S/C9H12N2O3/c12-9(8-5-13-6-11-8)10-4-7-2-1-3-14-7/h5-7H,1-4H2,(H,10,12). The first-order valence-corrected chi connectivity index (χ1v) is 4.64. The van der Waals surface area contributed by atoms with E-state index in [1.54, 1.807) is 0 Å². The molecule has 5 heteroatoms. The van der Waals surface area contributed by atoms with Crippen LogP contribution < -0.4 is 5.32 Å². The number of hydrogen-bond acceptors (Lipinski definition) is 4. The summed E-state index contributed by atoms with van der Waals surface area (Å²) in [6, 6.07) is 0. The van der Waals surface area contributed by atoms with E-state index in [0.717, 1.165) is 19.4 Å². The van der Waals surface area contributed by atoms with Gasteiger partial charge in [-0.2, -0.15) is 0 Å². The number of oxazole rings is 1. The van der Waals surface area contributed by atoms with E-state index in [-0.39, 0.29) is 12.0 Å². The van der Waals surface area contributed by atoms with Crippen molar-refractivity contribution in [2.24, 2.45) is 0 Å². The lowest BCUT2D eigenvalue weighted by atomic mass is 10.2. The molecular formula is C9H12N2O3. The second kappa shape index (κ2) is 4.23. The zero-order chi connectivity index (χ0) is 9.80. The number of carbonyl (C=O) groups excluding carboxylic acids is 1. The summed E-state index contributed by atoms with van der Waals surface area (Å²) in [7, 11) is 0. The number of nitrogens with one attached hydrogen (secondary N) is 1. The maximum Gasteiger partial charge on any atom is 0.273 e. The summed E-state index contributed by atoms with van der Waals surface area (Å²) in [6.07, 6.45) is 4.81. The van der Waals surface area contributed by atoms with E-state index in [4.69, 9.17) is 9.15 Å². The molecular weight excluding hydrogens is 184 g/mol. The Morgan fingerprint density at radius 2 is 2.64 bits per heavy atom. The van der Waals surface area contributed by atoms with Crippen LogP contribution in [0, 0.1) is 0 Å². The summed E-state index contributed by atoms with van der Waals surface area (Å²) >= 11 is 0. The minimum atomic E-state index is -0.214. The molecule has 5 nitrogen and oxygen atoms in total. The van der Waals surface area contributed by atoms with Gasteiger partial charge < -0.3 is 14.5 Å². The molecule has 1 aromatic rings. The second-order valence-corrected chi connectivity index (χ2v) is 3.22. The Hall–Kier alpha value is -1.36. The molecule has 0 spiro atoms. The van der Waals surface area contributed by atoms with Crippen molar-refractivity contribution < 1.29 is 13.9 Å². The molecule has 76 valence electrons. The Bertz CT molecular complexity index is 291. The molecule has 0 aromatic carbocycles. The highest BCUT2D eigenvalue weighted by Crippen LogP contribution is 2.10. The molecule has 0 bridgehead atoms. The zero-order valence-corrected chi connectivity index (χ0v) is 7.73. The predicted molar refractivity (Wildman–Crippen MR) is 47.8 cm³/mol. The smallest absolute Gasteiger partial charge is 0.273 e. The van der Waals surface area contributed by atoms with Crippen molar-refractivity contribution in [3.63, 3.8) is 0 Å². The number of aromatic nitrogens is 1. The lowest BCUT2D eigenvalue weighted by molar-refractivity contribution is 0.0853. The fraction of sp³-hybridized carbons (Fsp3) is 0.556. The minimum absolute atomic E-state index is 0.158. The van der Waals surface area contributed by atoms with Gasteiger partial charge >= 0.3 is 0 Å². The summed E-state index contributed by atoms with van der Waals surface area (Å²) in [6.45, 7) is 1.34. The highest BCUT2D eigenvalue weighted by molar-refractivity contribution is 5.91. The van der Waals surface area contributed by atoms with Crippen LogP contribution in [0.3, 0.4) is 0 Å². The third kappa shape index (κ3) is 2.11. The predicted octanol–water partition coefficient (Wildman–Crippen LogP) is 0.583. The Morgan fingerprint density at radius 3 is 3.29 bits per heavy atom. The first kappa shape index (κ1) is 9.21. The lowest BCUT2D eigenvalue weighted by Gasteiger charge is -2.09. The van der Waals surface area contributed by atoms with Gasteiger partial charge in [0, 0.05) is 13.2 Å². The summed E-state index contributed by atoms with van der Waals surface area (Å²) in [4.78, 5) is 15.1. The average Bonchev–Trinajstić information content (AvgIpc) is 2.87. The van der Waals surface area contributed by atoms with Crippen molar-refractivity contribution in [3.8, 4) is 0 Å². The van der Waals surface area contributed by atoms with Gasteiger partial charge in [0.05, 0.1) is 6.10 Å². The lowest BCUT2D eigenvalue weighted by Crippen LogP contribution is -2.31. The quantitative estimate of drug-likeness (QED) is 0.768. The van der Waals surface area contributed by atoms with Crippen LogP contribution in [0.1, 0.15) is 23.3 Å². The van der Waals surface area contributed by atoms with Gasteiger partial charge in [-0.05, 0) is 12.8 Å². The first-order valence-electron chi connectivity index (χ1n) is 4.64. The summed E-state index contributed by atoms with van der Waals surface area (Å²) in [5.41, 5.74) is 0.308. The van der Waals surface area contributed by atoms with Crippen LogP contribution in [0.5, 0.6) is 0 Å². The average molecular weight is 196 g/mol. The number of rotatable bonds is 3. The topological polar surface area (TPSA) is 64.4 Å². The van der Waals surface area contributed by atoms with Crippen LogP contribution in [0.4, 0.5) is 0 Å². The Kier molecular flexibility index (Phi) is 2.78. The Labute approximate surface area is 81.5 Å². The molecule has 1 unspecified atom stereocenters. The molecule has 1 aliphatic heterocycles. The maximum absolute atomic E-state index is 11.4. The van der Waals surface area contributed by atoms with Crippen LogP contribution >= 0.6 is 0 Å². The molecule has 2 heterocycles. The van der Waals surface area contributed by atoms with Gasteiger partial charge in [0.1, 0.15) is 6.26 Å². The number of hydrogen-bond donors (Lipinski definition) is 1. The number of carbonyl (C=O) groups is 1. The fourth-order valence-corrected chi connectivity index (χ4v) is 1.43. The third-order valence-electron chi connectivity index (χ3n) is 2.18. The molecule has 1 aliphatic rings. The van der Waals surface area contributed by atoms with E-state index in [2.05, 4.69) is 10.3 Å². The minimum Gasteiger partial charge on any atom is -0.451 e. The van der Waals surface area contributed by atoms with Gasteiger partial charge in [0.25, 0.3) is 5.91 Å². The number of ether oxygens (including phenoxy) is 1. The first-order chi connectivity index (χ1) is 6.86. The molecule has 14 heavy (non-hydrogen) atoms. The molecule has 1 fully saturated rings. The van der Waals surface area contributed by atoms with E-state index in [9.17, 15) is 4.79 Å². The summed E-state index contributed by atoms with van der Waals surface area (Å²) in [5, 5.41) is 2.74. The summed E-state index contributed by atoms with van der Waals surface area (Å²) in [5.74, 6) is -0.214. The van der Waals surface area contributed by atoms with E-state index >= 15 is 0 Å². The van der Waals surface area contributed by atoms with E-state index in [0.29, 0.717) is 12.2 Å². The number of amides is 1. The van der Waals surface area contributed by atoms with E-state index in [1.165, 1.54) is 12.7 Å². The molecule has 1 amide bonds. The highest BCUT2D eigenvalue weighted by atomic mass is 16.5. The molecule has 0 aliphatic carbocycles. The second-order valence-electron chi connectivity index (χ2n) is 3.22. The van der Waals surface area contributed by atoms with Crippen LogP contribution in [0.2, 0.25) is 0 Å². The molecule has 1 saturated heterocycles. The molecule has 0 saturated carbocycles.